The molecule has 7 nitrogen and oxygen atoms in total. The molecule has 0 saturated heterocycles. The second-order valence-corrected chi connectivity index (χ2v) is 5.06. The van der Waals surface area contributed by atoms with Gasteiger partial charge in [0.1, 0.15) is 0 Å². The first-order valence-electron chi connectivity index (χ1n) is 4.98. The summed E-state index contributed by atoms with van der Waals surface area (Å²) < 4.78 is 26.1. The zero-order valence-electron chi connectivity index (χ0n) is 9.18. The Morgan fingerprint density at radius 3 is 2.78 bits per heavy atom. The van der Waals surface area contributed by atoms with Crippen LogP contribution in [0.15, 0.2) is 41.6 Å². The van der Waals surface area contributed by atoms with Gasteiger partial charge in [-0.3, -0.25) is 0 Å². The number of anilines is 1. The largest absolute Gasteiger partial charge is 0.392 e. The third kappa shape index (κ3) is 2.79. The molecule has 94 valence electrons. The lowest BCUT2D eigenvalue weighted by atomic mass is 10.2. The third-order valence-corrected chi connectivity index (χ3v) is 3.43. The summed E-state index contributed by atoms with van der Waals surface area (Å²) in [5, 5.41) is 16.0. The molecule has 0 radical (unpaired) electrons. The summed E-state index contributed by atoms with van der Waals surface area (Å²) in [5.74, 6) is -0.105. The van der Waals surface area contributed by atoms with Crippen LogP contribution in [0.3, 0.4) is 0 Å². The van der Waals surface area contributed by atoms with Crippen molar-refractivity contribution in [2.75, 3.05) is 4.72 Å². The van der Waals surface area contributed by atoms with Gasteiger partial charge >= 0.3 is 0 Å². The maximum Gasteiger partial charge on any atom is 0.264 e. The summed E-state index contributed by atoms with van der Waals surface area (Å²) in [7, 11) is -3.77. The van der Waals surface area contributed by atoms with Gasteiger partial charge in [0.15, 0.2) is 0 Å². The van der Waals surface area contributed by atoms with Gasteiger partial charge in [0, 0.05) is 0 Å². The summed E-state index contributed by atoms with van der Waals surface area (Å²) in [6.07, 6.45) is 2.67. The van der Waals surface area contributed by atoms with Gasteiger partial charge in [-0.15, -0.1) is 5.10 Å². The van der Waals surface area contributed by atoms with Gasteiger partial charge in [-0.05, 0) is 17.7 Å². The molecule has 0 saturated carbocycles. The van der Waals surface area contributed by atoms with Gasteiger partial charge in [0.05, 0.1) is 23.9 Å². The summed E-state index contributed by atoms with van der Waals surface area (Å²) in [6, 6.07) is 5.96. The summed E-state index contributed by atoms with van der Waals surface area (Å²) in [5.41, 5.74) is 0.505. The molecule has 0 fully saturated rings. The maximum absolute atomic E-state index is 12.0. The van der Waals surface area contributed by atoms with E-state index in [1.807, 2.05) is 0 Å². The molecule has 1 aromatic carbocycles. The molecule has 2 aromatic rings. The Labute approximate surface area is 104 Å². The highest BCUT2D eigenvalue weighted by Gasteiger charge is 2.15. The van der Waals surface area contributed by atoms with E-state index < -0.39 is 10.0 Å². The number of benzene rings is 1. The van der Waals surface area contributed by atoms with E-state index in [1.54, 1.807) is 12.1 Å². The molecule has 0 aliphatic carbocycles. The van der Waals surface area contributed by atoms with E-state index in [0.29, 0.717) is 5.56 Å². The maximum atomic E-state index is 12.0. The molecule has 0 amide bonds. The topological polar surface area (TPSA) is 105 Å². The van der Waals surface area contributed by atoms with Crippen molar-refractivity contribution in [3.8, 4) is 0 Å². The predicted molar refractivity (Wildman–Crippen MR) is 63.0 cm³/mol. The molecule has 0 aliphatic rings. The van der Waals surface area contributed by atoms with E-state index >= 15 is 0 Å². The molecule has 0 bridgehead atoms. The van der Waals surface area contributed by atoms with E-state index in [4.69, 9.17) is 5.11 Å². The Bertz CT molecular complexity index is 631. The van der Waals surface area contributed by atoms with Gasteiger partial charge in [-0.2, -0.15) is 5.10 Å². The Kier molecular flexibility index (Phi) is 3.49. The summed E-state index contributed by atoms with van der Waals surface area (Å²) >= 11 is 0. The van der Waals surface area contributed by atoms with Crippen molar-refractivity contribution < 1.29 is 13.5 Å². The molecule has 18 heavy (non-hydrogen) atoms. The lowest BCUT2D eigenvalue weighted by Crippen LogP contribution is -2.15. The van der Waals surface area contributed by atoms with Crippen LogP contribution < -0.4 is 4.72 Å². The molecule has 2 rings (SSSR count). The number of hydrogen-bond acceptors (Lipinski definition) is 6. The van der Waals surface area contributed by atoms with Crippen LogP contribution in [0.25, 0.3) is 0 Å². The van der Waals surface area contributed by atoms with Gasteiger partial charge in [0.25, 0.3) is 16.0 Å². The SMILES string of the molecule is O=S(=O)(Nc1nccnn1)c1cccc(CO)c1. The highest BCUT2D eigenvalue weighted by atomic mass is 32.2. The minimum Gasteiger partial charge on any atom is -0.392 e. The number of aliphatic hydroxyl groups is 1. The molecular formula is C10H10N4O3S. The van der Waals surface area contributed by atoms with Crippen molar-refractivity contribution >= 4 is 16.0 Å². The van der Waals surface area contributed by atoms with Crippen LogP contribution in [0.1, 0.15) is 5.56 Å². The first kappa shape index (κ1) is 12.4. The molecule has 0 atom stereocenters. The van der Waals surface area contributed by atoms with Crippen molar-refractivity contribution in [2.24, 2.45) is 0 Å². The molecular weight excluding hydrogens is 256 g/mol. The van der Waals surface area contributed by atoms with E-state index in [2.05, 4.69) is 19.9 Å². The monoisotopic (exact) mass is 266 g/mol. The van der Waals surface area contributed by atoms with Crippen molar-refractivity contribution in [2.45, 2.75) is 11.5 Å². The number of sulfonamides is 1. The standard InChI is InChI=1S/C10H10N4O3S/c15-7-8-2-1-3-9(6-8)18(16,17)14-10-11-4-5-12-13-10/h1-6,15H,7H2,(H,11,13,14). The van der Waals surface area contributed by atoms with Gasteiger partial charge in [0.2, 0.25) is 0 Å². The second-order valence-electron chi connectivity index (χ2n) is 3.38. The number of rotatable bonds is 4. The van der Waals surface area contributed by atoms with Crippen LogP contribution in [0.2, 0.25) is 0 Å². The summed E-state index contributed by atoms with van der Waals surface area (Å²) in [6.45, 7) is -0.229. The first-order valence-corrected chi connectivity index (χ1v) is 6.46. The average molecular weight is 266 g/mol. The van der Waals surface area contributed by atoms with Crippen molar-refractivity contribution in [3.05, 3.63) is 42.2 Å². The lowest BCUT2D eigenvalue weighted by Gasteiger charge is -2.06. The smallest absolute Gasteiger partial charge is 0.264 e. The zero-order chi connectivity index (χ0) is 13.0. The van der Waals surface area contributed by atoms with Crippen molar-refractivity contribution in [1.29, 1.82) is 0 Å². The van der Waals surface area contributed by atoms with Crippen LogP contribution in [-0.2, 0) is 16.6 Å². The molecule has 2 N–H and O–H groups in total. The van der Waals surface area contributed by atoms with Crippen LogP contribution in [-0.4, -0.2) is 28.7 Å². The Hall–Kier alpha value is -2.06. The van der Waals surface area contributed by atoms with Gasteiger partial charge < -0.3 is 5.11 Å². The molecule has 1 heterocycles. The lowest BCUT2D eigenvalue weighted by molar-refractivity contribution is 0.281. The Morgan fingerprint density at radius 2 is 2.11 bits per heavy atom. The highest BCUT2D eigenvalue weighted by Crippen LogP contribution is 2.14. The van der Waals surface area contributed by atoms with E-state index in [9.17, 15) is 8.42 Å². The van der Waals surface area contributed by atoms with Crippen LogP contribution in [0, 0.1) is 0 Å². The number of nitrogens with zero attached hydrogens (tertiary/aromatic N) is 3. The van der Waals surface area contributed by atoms with Crippen LogP contribution in [0.4, 0.5) is 5.95 Å². The van der Waals surface area contributed by atoms with Gasteiger partial charge in [-0.1, -0.05) is 12.1 Å². The predicted octanol–water partition coefficient (Wildman–Crippen LogP) is 0.165. The molecule has 0 aliphatic heterocycles. The Balaban J connectivity index is 2.31. The van der Waals surface area contributed by atoms with Crippen LogP contribution in [0.5, 0.6) is 0 Å². The van der Waals surface area contributed by atoms with E-state index in [1.165, 1.54) is 24.5 Å². The van der Waals surface area contributed by atoms with Crippen LogP contribution >= 0.6 is 0 Å². The quantitative estimate of drug-likeness (QED) is 0.817. The number of nitrogens with one attached hydrogen (secondary N) is 1. The Morgan fingerprint density at radius 1 is 1.28 bits per heavy atom. The summed E-state index contributed by atoms with van der Waals surface area (Å²) in [4.78, 5) is 3.75. The fraction of sp³-hybridized carbons (Fsp3) is 0.100. The molecule has 0 spiro atoms. The number of aromatic nitrogens is 3. The first-order chi connectivity index (χ1) is 8.62. The molecule has 0 unspecified atom stereocenters. The minimum absolute atomic E-state index is 0.0292. The van der Waals surface area contributed by atoms with Crippen molar-refractivity contribution in [3.63, 3.8) is 0 Å². The minimum atomic E-state index is -3.77. The van der Waals surface area contributed by atoms with E-state index in [-0.39, 0.29) is 17.5 Å². The average Bonchev–Trinajstić information content (AvgIpc) is 2.39. The highest BCUT2D eigenvalue weighted by molar-refractivity contribution is 7.92. The third-order valence-electron chi connectivity index (χ3n) is 2.10. The number of hydrogen-bond donors (Lipinski definition) is 2. The fourth-order valence-corrected chi connectivity index (χ4v) is 2.30. The second kappa shape index (κ2) is 5.07. The van der Waals surface area contributed by atoms with Crippen molar-refractivity contribution in [1.82, 2.24) is 15.2 Å². The van der Waals surface area contributed by atoms with E-state index in [0.717, 1.165) is 0 Å². The molecule has 1 aromatic heterocycles. The van der Waals surface area contributed by atoms with Gasteiger partial charge in [-0.25, -0.2) is 18.1 Å². The molecule has 8 heteroatoms. The fourth-order valence-electron chi connectivity index (χ4n) is 1.28. The zero-order valence-corrected chi connectivity index (χ0v) is 10.0. The number of aliphatic hydroxyl groups excluding tert-OH is 1. The normalized spacial score (nSPS) is 11.2.